The molecular weight excluding hydrogens is 277 g/mol. The minimum atomic E-state index is 0.570. The zero-order valence-corrected chi connectivity index (χ0v) is 10.9. The topological polar surface area (TPSA) is 43.3 Å². The van der Waals surface area contributed by atoms with E-state index in [-0.39, 0.29) is 0 Å². The second-order valence-electron chi connectivity index (χ2n) is 3.50. The summed E-state index contributed by atoms with van der Waals surface area (Å²) in [6.07, 6.45) is 1.84. The lowest BCUT2D eigenvalue weighted by Gasteiger charge is -1.96. The third-order valence-electron chi connectivity index (χ3n) is 2.45. The van der Waals surface area contributed by atoms with E-state index in [1.165, 1.54) is 11.3 Å². The Balaban J connectivity index is 2.31. The lowest BCUT2D eigenvalue weighted by molar-refractivity contribution is 1.20. The number of nitrogen functional groups attached to an aromatic ring is 1. The van der Waals surface area contributed by atoms with Crippen LogP contribution in [0.2, 0.25) is 9.36 Å². The molecule has 2 N–H and O–H groups in total. The van der Waals surface area contributed by atoms with E-state index in [0.29, 0.717) is 20.8 Å². The van der Waals surface area contributed by atoms with Crippen molar-refractivity contribution in [2.75, 3.05) is 5.73 Å². The predicted octanol–water partition coefficient (Wildman–Crippen LogP) is 3.95. The number of nitrogens with two attached hydrogens (primary N) is 1. The maximum atomic E-state index is 6.07. The van der Waals surface area contributed by atoms with Crippen LogP contribution < -0.4 is 5.73 Å². The number of rotatable bonds is 1. The number of nitrogens with zero attached hydrogens (tertiary/aromatic N) is 2. The quantitative estimate of drug-likeness (QED) is 0.735. The van der Waals surface area contributed by atoms with Gasteiger partial charge in [-0.1, -0.05) is 23.2 Å². The van der Waals surface area contributed by atoms with Crippen LogP contribution in [0.3, 0.4) is 0 Å². The molecule has 3 nitrogen and oxygen atoms in total. The van der Waals surface area contributed by atoms with Crippen LogP contribution in [0.5, 0.6) is 0 Å². The Morgan fingerprint density at radius 2 is 2.06 bits per heavy atom. The van der Waals surface area contributed by atoms with Crippen molar-refractivity contribution in [1.82, 2.24) is 9.38 Å². The van der Waals surface area contributed by atoms with Crippen LogP contribution in [-0.2, 0) is 0 Å². The zero-order chi connectivity index (χ0) is 12.0. The smallest absolute Gasteiger partial charge is 0.158 e. The Labute approximate surface area is 111 Å². The molecule has 0 atom stereocenters. The van der Waals surface area contributed by atoms with Gasteiger partial charge >= 0.3 is 0 Å². The van der Waals surface area contributed by atoms with Crippen LogP contribution in [0, 0.1) is 0 Å². The van der Waals surface area contributed by atoms with Crippen LogP contribution in [0.25, 0.3) is 16.2 Å². The number of thiophene rings is 1. The largest absolute Gasteiger partial charge is 0.383 e. The van der Waals surface area contributed by atoms with Gasteiger partial charge in [-0.25, -0.2) is 4.98 Å². The lowest BCUT2D eigenvalue weighted by Crippen LogP contribution is -1.93. The van der Waals surface area contributed by atoms with Crippen LogP contribution >= 0.6 is 34.5 Å². The van der Waals surface area contributed by atoms with Crippen molar-refractivity contribution in [3.05, 3.63) is 39.8 Å². The monoisotopic (exact) mass is 283 g/mol. The van der Waals surface area contributed by atoms with E-state index in [4.69, 9.17) is 28.9 Å². The first-order valence-electron chi connectivity index (χ1n) is 4.84. The summed E-state index contributed by atoms with van der Waals surface area (Å²) in [5, 5.41) is 0.577. The van der Waals surface area contributed by atoms with Crippen molar-refractivity contribution >= 4 is 46.0 Å². The van der Waals surface area contributed by atoms with E-state index in [1.807, 2.05) is 24.4 Å². The Morgan fingerprint density at radius 1 is 1.24 bits per heavy atom. The van der Waals surface area contributed by atoms with Gasteiger partial charge in [0.25, 0.3) is 0 Å². The van der Waals surface area contributed by atoms with Crippen LogP contribution in [0.15, 0.2) is 30.5 Å². The number of hydrogen-bond acceptors (Lipinski definition) is 3. The fourth-order valence-corrected chi connectivity index (χ4v) is 2.92. The molecule has 0 aliphatic rings. The minimum Gasteiger partial charge on any atom is -0.383 e. The van der Waals surface area contributed by atoms with Crippen LogP contribution in [0.4, 0.5) is 5.82 Å². The molecule has 0 fully saturated rings. The third-order valence-corrected chi connectivity index (χ3v) is 3.98. The molecule has 0 radical (unpaired) electrons. The Hall–Kier alpha value is -1.23. The Morgan fingerprint density at radius 3 is 2.71 bits per heavy atom. The van der Waals surface area contributed by atoms with Gasteiger partial charge in [-0.15, -0.1) is 11.3 Å². The highest BCUT2D eigenvalue weighted by Crippen LogP contribution is 2.35. The molecule has 3 heterocycles. The zero-order valence-electron chi connectivity index (χ0n) is 8.52. The molecule has 3 aromatic rings. The van der Waals surface area contributed by atoms with Crippen molar-refractivity contribution in [3.8, 4) is 10.6 Å². The molecule has 0 unspecified atom stereocenters. The molecule has 0 bridgehead atoms. The Kier molecular flexibility index (Phi) is 2.50. The van der Waals surface area contributed by atoms with Gasteiger partial charge < -0.3 is 5.73 Å². The Bertz CT molecular complexity index is 702. The molecule has 3 aromatic heterocycles. The molecular formula is C11H7Cl2N3S. The summed E-state index contributed by atoms with van der Waals surface area (Å²) in [4.78, 5) is 5.39. The normalized spacial score (nSPS) is 11.2. The highest BCUT2D eigenvalue weighted by Gasteiger charge is 2.14. The summed E-state index contributed by atoms with van der Waals surface area (Å²) in [6.45, 7) is 0. The molecule has 0 aromatic carbocycles. The molecule has 0 aliphatic heterocycles. The minimum absolute atomic E-state index is 0.570. The molecule has 17 heavy (non-hydrogen) atoms. The number of hydrogen-bond donors (Lipinski definition) is 1. The molecule has 0 amide bonds. The standard InChI is InChI=1S/C11H7Cl2N3S/c12-6-2-1-5-16-10(14)9(15-11(6)16)7-3-4-8(13)17-7/h1-5H,14H2. The fourth-order valence-electron chi connectivity index (χ4n) is 1.68. The summed E-state index contributed by atoms with van der Waals surface area (Å²) >= 11 is 13.4. The van der Waals surface area contributed by atoms with E-state index < -0.39 is 0 Å². The number of halogens is 2. The van der Waals surface area contributed by atoms with Gasteiger partial charge in [0.15, 0.2) is 5.65 Å². The van der Waals surface area contributed by atoms with Crippen molar-refractivity contribution in [2.45, 2.75) is 0 Å². The predicted molar refractivity (Wildman–Crippen MR) is 72.9 cm³/mol. The average molecular weight is 284 g/mol. The van der Waals surface area contributed by atoms with E-state index >= 15 is 0 Å². The highest BCUT2D eigenvalue weighted by molar-refractivity contribution is 7.19. The van der Waals surface area contributed by atoms with E-state index in [2.05, 4.69) is 4.98 Å². The van der Waals surface area contributed by atoms with Gasteiger partial charge in [0.2, 0.25) is 0 Å². The van der Waals surface area contributed by atoms with Gasteiger partial charge in [-0.05, 0) is 24.3 Å². The first-order valence-corrected chi connectivity index (χ1v) is 6.42. The number of aromatic nitrogens is 2. The van der Waals surface area contributed by atoms with E-state index in [9.17, 15) is 0 Å². The molecule has 86 valence electrons. The van der Waals surface area contributed by atoms with Crippen molar-refractivity contribution in [2.24, 2.45) is 0 Å². The second kappa shape index (κ2) is 3.91. The fraction of sp³-hybridized carbons (Fsp3) is 0. The highest BCUT2D eigenvalue weighted by atomic mass is 35.5. The molecule has 0 spiro atoms. The summed E-state index contributed by atoms with van der Waals surface area (Å²) in [5.41, 5.74) is 7.43. The van der Waals surface area contributed by atoms with Crippen molar-refractivity contribution in [3.63, 3.8) is 0 Å². The molecule has 3 rings (SSSR count). The molecule has 6 heteroatoms. The van der Waals surface area contributed by atoms with Crippen LogP contribution in [0.1, 0.15) is 0 Å². The number of anilines is 1. The van der Waals surface area contributed by atoms with Crippen molar-refractivity contribution < 1.29 is 0 Å². The molecule has 0 saturated heterocycles. The van der Waals surface area contributed by atoms with E-state index in [0.717, 1.165) is 10.6 Å². The number of imidazole rings is 1. The van der Waals surface area contributed by atoms with Gasteiger partial charge in [0.05, 0.1) is 14.2 Å². The third kappa shape index (κ3) is 1.69. The second-order valence-corrected chi connectivity index (χ2v) is 5.62. The first-order chi connectivity index (χ1) is 8.16. The number of pyridine rings is 1. The summed E-state index contributed by atoms with van der Waals surface area (Å²) in [6, 6.07) is 7.35. The summed E-state index contributed by atoms with van der Waals surface area (Å²) in [7, 11) is 0. The summed E-state index contributed by atoms with van der Waals surface area (Å²) in [5.74, 6) is 0.570. The lowest BCUT2D eigenvalue weighted by atomic mass is 10.3. The average Bonchev–Trinajstić information content (AvgIpc) is 2.85. The first kappa shape index (κ1) is 10.9. The number of fused-ring (bicyclic) bond motifs is 1. The maximum absolute atomic E-state index is 6.07. The van der Waals surface area contributed by atoms with Gasteiger partial charge in [-0.3, -0.25) is 4.40 Å². The molecule has 0 aliphatic carbocycles. The maximum Gasteiger partial charge on any atom is 0.158 e. The van der Waals surface area contributed by atoms with Gasteiger partial charge in [-0.2, -0.15) is 0 Å². The van der Waals surface area contributed by atoms with Crippen LogP contribution in [-0.4, -0.2) is 9.38 Å². The van der Waals surface area contributed by atoms with E-state index in [1.54, 1.807) is 10.5 Å². The van der Waals surface area contributed by atoms with Gasteiger partial charge in [0.1, 0.15) is 11.5 Å². The van der Waals surface area contributed by atoms with Crippen molar-refractivity contribution in [1.29, 1.82) is 0 Å². The SMILES string of the molecule is Nc1c(-c2ccc(Cl)s2)nc2c(Cl)cccn12. The summed E-state index contributed by atoms with van der Waals surface area (Å²) < 4.78 is 2.48. The van der Waals surface area contributed by atoms with Gasteiger partial charge in [0, 0.05) is 6.20 Å². The molecule has 0 saturated carbocycles.